The van der Waals surface area contributed by atoms with Gasteiger partial charge in [-0.05, 0) is 23.9 Å². The fourth-order valence-corrected chi connectivity index (χ4v) is 1.86. The van der Waals surface area contributed by atoms with Gasteiger partial charge in [-0.25, -0.2) is 4.39 Å². The number of aliphatic carboxylic acids is 1. The normalized spacial score (nSPS) is 12.4. The maximum atomic E-state index is 13.9. The minimum atomic E-state index is -0.900. The average molecular weight is 248 g/mol. The summed E-state index contributed by atoms with van der Waals surface area (Å²) in [6.07, 6.45) is 0. The van der Waals surface area contributed by atoms with Crippen LogP contribution in [0.2, 0.25) is 0 Å². The highest BCUT2D eigenvalue weighted by Gasteiger charge is 2.15. The van der Waals surface area contributed by atoms with Gasteiger partial charge < -0.3 is 9.84 Å². The van der Waals surface area contributed by atoms with E-state index in [0.717, 1.165) is 0 Å². The van der Waals surface area contributed by atoms with Crippen molar-refractivity contribution in [2.75, 3.05) is 7.11 Å². The molecule has 0 bridgehead atoms. The number of rotatable bonds is 3. The summed E-state index contributed by atoms with van der Waals surface area (Å²) in [5.74, 6) is -1.76. The Bertz CT molecular complexity index is 607. The molecular formula is C14H13FO3. The molecule has 2 aromatic rings. The molecule has 0 aliphatic rings. The van der Waals surface area contributed by atoms with Gasteiger partial charge in [0.1, 0.15) is 0 Å². The highest BCUT2D eigenvalue weighted by molar-refractivity contribution is 5.87. The Balaban J connectivity index is 2.57. The quantitative estimate of drug-likeness (QED) is 0.907. The topological polar surface area (TPSA) is 46.5 Å². The molecule has 0 amide bonds. The molecule has 1 atom stereocenters. The van der Waals surface area contributed by atoms with Crippen molar-refractivity contribution < 1.29 is 19.0 Å². The van der Waals surface area contributed by atoms with Gasteiger partial charge in [0.15, 0.2) is 11.6 Å². The summed E-state index contributed by atoms with van der Waals surface area (Å²) in [5.41, 5.74) is 0.652. The Labute approximate surface area is 104 Å². The van der Waals surface area contributed by atoms with Crippen LogP contribution in [-0.4, -0.2) is 18.2 Å². The zero-order chi connectivity index (χ0) is 13.3. The summed E-state index contributed by atoms with van der Waals surface area (Å²) in [7, 11) is 1.41. The van der Waals surface area contributed by atoms with Crippen LogP contribution in [0.4, 0.5) is 4.39 Å². The molecule has 0 aliphatic carbocycles. The fraction of sp³-hybridized carbons (Fsp3) is 0.214. The van der Waals surface area contributed by atoms with Gasteiger partial charge in [-0.1, -0.05) is 24.3 Å². The molecule has 94 valence electrons. The second-order valence-corrected chi connectivity index (χ2v) is 4.12. The molecule has 3 nitrogen and oxygen atoms in total. The van der Waals surface area contributed by atoms with Crippen LogP contribution in [0.15, 0.2) is 30.3 Å². The van der Waals surface area contributed by atoms with E-state index in [1.807, 2.05) is 0 Å². The predicted molar refractivity (Wildman–Crippen MR) is 66.5 cm³/mol. The van der Waals surface area contributed by atoms with Crippen LogP contribution in [0, 0.1) is 5.82 Å². The number of halogens is 1. The van der Waals surface area contributed by atoms with E-state index in [2.05, 4.69) is 0 Å². The van der Waals surface area contributed by atoms with Crippen LogP contribution < -0.4 is 4.74 Å². The molecule has 0 spiro atoms. The summed E-state index contributed by atoms with van der Waals surface area (Å²) in [6.45, 7) is 1.60. The Hall–Kier alpha value is -2.10. The van der Waals surface area contributed by atoms with Crippen molar-refractivity contribution in [3.8, 4) is 5.75 Å². The molecule has 2 rings (SSSR count). The minimum Gasteiger partial charge on any atom is -0.494 e. The van der Waals surface area contributed by atoms with E-state index in [9.17, 15) is 9.18 Å². The van der Waals surface area contributed by atoms with Crippen LogP contribution in [0.25, 0.3) is 10.8 Å². The van der Waals surface area contributed by atoms with Crippen molar-refractivity contribution in [1.29, 1.82) is 0 Å². The van der Waals surface area contributed by atoms with Gasteiger partial charge in [-0.2, -0.15) is 0 Å². The highest BCUT2D eigenvalue weighted by atomic mass is 19.1. The lowest BCUT2D eigenvalue weighted by molar-refractivity contribution is -0.138. The third-order valence-electron chi connectivity index (χ3n) is 3.03. The predicted octanol–water partition coefficient (Wildman–Crippen LogP) is 3.18. The molecule has 4 heteroatoms. The largest absolute Gasteiger partial charge is 0.494 e. The standard InChI is InChI=1S/C14H13FO3/c1-8(14(16)17)9-3-5-11-10(7-9)4-6-12(18-2)13(11)15/h3-8H,1-2H3,(H,16,17). The first kappa shape index (κ1) is 12.4. The van der Waals surface area contributed by atoms with Crippen LogP contribution in [0.5, 0.6) is 5.75 Å². The molecule has 0 aliphatic heterocycles. The molecule has 0 fully saturated rings. The smallest absolute Gasteiger partial charge is 0.310 e. The van der Waals surface area contributed by atoms with Gasteiger partial charge in [-0.3, -0.25) is 4.79 Å². The summed E-state index contributed by atoms with van der Waals surface area (Å²) in [6, 6.07) is 8.16. The molecule has 0 aromatic heterocycles. The van der Waals surface area contributed by atoms with Crippen molar-refractivity contribution in [3.05, 3.63) is 41.7 Å². The molecule has 1 unspecified atom stereocenters. The molecule has 1 N–H and O–H groups in total. The second kappa shape index (κ2) is 4.64. The number of carbonyl (C=O) groups is 1. The average Bonchev–Trinajstić information content (AvgIpc) is 2.37. The highest BCUT2D eigenvalue weighted by Crippen LogP contribution is 2.28. The maximum absolute atomic E-state index is 13.9. The van der Waals surface area contributed by atoms with Gasteiger partial charge in [-0.15, -0.1) is 0 Å². The lowest BCUT2D eigenvalue weighted by Gasteiger charge is -2.10. The van der Waals surface area contributed by atoms with Crippen LogP contribution in [0.3, 0.4) is 0 Å². The van der Waals surface area contributed by atoms with Gasteiger partial charge >= 0.3 is 5.97 Å². The van der Waals surface area contributed by atoms with E-state index in [4.69, 9.17) is 9.84 Å². The van der Waals surface area contributed by atoms with E-state index in [1.54, 1.807) is 31.2 Å². The molecule has 0 heterocycles. The first-order chi connectivity index (χ1) is 8.54. The Morgan fingerprint density at radius 3 is 2.67 bits per heavy atom. The van der Waals surface area contributed by atoms with Crippen molar-refractivity contribution in [1.82, 2.24) is 0 Å². The molecule has 0 radical (unpaired) electrons. The van der Waals surface area contributed by atoms with Crippen LogP contribution >= 0.6 is 0 Å². The number of fused-ring (bicyclic) bond motifs is 1. The summed E-state index contributed by atoms with van der Waals surface area (Å²) in [5, 5.41) is 10.0. The third kappa shape index (κ3) is 2.01. The first-order valence-electron chi connectivity index (χ1n) is 5.53. The van der Waals surface area contributed by atoms with Gasteiger partial charge in [0.2, 0.25) is 0 Å². The number of carboxylic acid groups (broad SMARTS) is 1. The van der Waals surface area contributed by atoms with Crippen LogP contribution in [-0.2, 0) is 4.79 Å². The molecule has 18 heavy (non-hydrogen) atoms. The maximum Gasteiger partial charge on any atom is 0.310 e. The number of hydrogen-bond donors (Lipinski definition) is 1. The number of ether oxygens (including phenoxy) is 1. The summed E-state index contributed by atoms with van der Waals surface area (Å²) >= 11 is 0. The van der Waals surface area contributed by atoms with E-state index in [-0.39, 0.29) is 5.75 Å². The van der Waals surface area contributed by atoms with E-state index in [1.165, 1.54) is 13.2 Å². The lowest BCUT2D eigenvalue weighted by atomic mass is 9.97. The van der Waals surface area contributed by atoms with E-state index in [0.29, 0.717) is 16.3 Å². The second-order valence-electron chi connectivity index (χ2n) is 4.12. The minimum absolute atomic E-state index is 0.182. The van der Waals surface area contributed by atoms with Crippen molar-refractivity contribution in [2.45, 2.75) is 12.8 Å². The Morgan fingerprint density at radius 2 is 2.06 bits per heavy atom. The molecule has 0 saturated heterocycles. The number of carboxylic acids is 1. The fourth-order valence-electron chi connectivity index (χ4n) is 1.86. The Morgan fingerprint density at radius 1 is 1.33 bits per heavy atom. The van der Waals surface area contributed by atoms with Crippen molar-refractivity contribution in [2.24, 2.45) is 0 Å². The lowest BCUT2D eigenvalue weighted by Crippen LogP contribution is -2.07. The van der Waals surface area contributed by atoms with Gasteiger partial charge in [0.25, 0.3) is 0 Å². The number of benzene rings is 2. The molecule has 2 aromatic carbocycles. The van der Waals surface area contributed by atoms with Crippen molar-refractivity contribution in [3.63, 3.8) is 0 Å². The summed E-state index contributed by atoms with van der Waals surface area (Å²) < 4.78 is 18.8. The van der Waals surface area contributed by atoms with E-state index >= 15 is 0 Å². The van der Waals surface area contributed by atoms with Gasteiger partial charge in [0, 0.05) is 5.39 Å². The number of methoxy groups -OCH3 is 1. The monoisotopic (exact) mass is 248 g/mol. The Kier molecular flexibility index (Phi) is 3.19. The van der Waals surface area contributed by atoms with Crippen LogP contribution in [0.1, 0.15) is 18.4 Å². The molecular weight excluding hydrogens is 235 g/mol. The molecule has 0 saturated carbocycles. The summed E-state index contributed by atoms with van der Waals surface area (Å²) in [4.78, 5) is 10.9. The third-order valence-corrected chi connectivity index (χ3v) is 3.03. The zero-order valence-corrected chi connectivity index (χ0v) is 10.1. The first-order valence-corrected chi connectivity index (χ1v) is 5.53. The van der Waals surface area contributed by atoms with E-state index < -0.39 is 17.7 Å². The SMILES string of the molecule is COc1ccc2cc(C(C)C(=O)O)ccc2c1F. The number of hydrogen-bond acceptors (Lipinski definition) is 2. The zero-order valence-electron chi connectivity index (χ0n) is 10.1. The van der Waals surface area contributed by atoms with Gasteiger partial charge in [0.05, 0.1) is 13.0 Å². The van der Waals surface area contributed by atoms with Crippen molar-refractivity contribution >= 4 is 16.7 Å².